The molecule has 2 nitrogen and oxygen atoms in total. The van der Waals surface area contributed by atoms with Crippen molar-refractivity contribution >= 4 is 35.2 Å². The lowest BCUT2D eigenvalue weighted by molar-refractivity contribution is -0.142. The summed E-state index contributed by atoms with van der Waals surface area (Å²) in [6.45, 7) is 7.80. The molecule has 0 spiro atoms. The molecular weight excluding hydrogens is 442 g/mol. The summed E-state index contributed by atoms with van der Waals surface area (Å²) in [5.74, 6) is -0.598. The Balaban J connectivity index is 2.23. The number of carbonyl (C=O) groups is 1. The van der Waals surface area contributed by atoms with Gasteiger partial charge in [0.1, 0.15) is 18.5 Å². The summed E-state index contributed by atoms with van der Waals surface area (Å²) >= 11 is 3.45. The number of halogens is 2. The maximum absolute atomic E-state index is 13.9. The van der Waals surface area contributed by atoms with E-state index in [9.17, 15) is 9.18 Å². The van der Waals surface area contributed by atoms with Crippen molar-refractivity contribution in [3.8, 4) is 22.3 Å². The molecule has 5 heteroatoms. The zero-order valence-corrected chi connectivity index (χ0v) is 19.1. The van der Waals surface area contributed by atoms with E-state index >= 15 is 0 Å². The molecule has 0 aliphatic rings. The highest BCUT2D eigenvalue weighted by Gasteiger charge is 2.21. The van der Waals surface area contributed by atoms with Gasteiger partial charge in [-0.15, -0.1) is 0 Å². The lowest BCUT2D eigenvalue weighted by Gasteiger charge is -2.18. The first-order valence-electron chi connectivity index (χ1n) is 9.81. The van der Waals surface area contributed by atoms with Crippen LogP contribution in [0.2, 0.25) is 0 Å². The molecule has 0 aliphatic carbocycles. The quantitative estimate of drug-likeness (QED) is 0.268. The number of aryl methyl sites for hydroxylation is 2. The smallest absolute Gasteiger partial charge is 0.324 e. The third-order valence-electron chi connectivity index (χ3n) is 5.32. The Morgan fingerprint density at radius 2 is 1.70 bits per heavy atom. The first-order chi connectivity index (χ1) is 14.2. The van der Waals surface area contributed by atoms with Crippen LogP contribution in [0.4, 0.5) is 4.39 Å². The molecule has 0 bridgehead atoms. The van der Waals surface area contributed by atoms with Gasteiger partial charge in [0.2, 0.25) is 0 Å². The van der Waals surface area contributed by atoms with E-state index in [1.807, 2.05) is 50.2 Å². The summed E-state index contributed by atoms with van der Waals surface area (Å²) in [4.78, 5) is 11.7. The molecule has 1 unspecified atom stereocenters. The SMILES string of the molecule is [B]c1c(C)ccc(-c2ccc(C(Br)C(=O)OCC)cc2-c2ccc(F)c(C)c2)c1C. The van der Waals surface area contributed by atoms with Crippen molar-refractivity contribution in [3.05, 3.63) is 76.6 Å². The number of rotatable bonds is 5. The van der Waals surface area contributed by atoms with Gasteiger partial charge in [-0.25, -0.2) is 4.39 Å². The first kappa shape index (κ1) is 22.3. The Kier molecular flexibility index (Phi) is 6.82. The molecule has 152 valence electrons. The second-order valence-corrected chi connectivity index (χ2v) is 8.27. The standard InChI is InChI=1S/C25H23BBrFO2/c1-5-30-25(29)24(27)18-7-10-20(19-9-6-14(2)23(26)16(19)4)21(13-18)17-8-11-22(28)15(3)12-17/h6-13,24H,5H2,1-4H3. The molecular formula is C25H23BBrFO2. The number of ether oxygens (including phenoxy) is 1. The number of benzene rings is 3. The molecule has 3 rings (SSSR count). The van der Waals surface area contributed by atoms with E-state index in [-0.39, 0.29) is 11.8 Å². The van der Waals surface area contributed by atoms with Gasteiger partial charge in [0.15, 0.2) is 0 Å². The van der Waals surface area contributed by atoms with Crippen LogP contribution in [0.5, 0.6) is 0 Å². The van der Waals surface area contributed by atoms with Crippen LogP contribution in [-0.4, -0.2) is 20.4 Å². The van der Waals surface area contributed by atoms with Crippen molar-refractivity contribution in [1.29, 1.82) is 0 Å². The average molecular weight is 465 g/mol. The van der Waals surface area contributed by atoms with Crippen LogP contribution < -0.4 is 5.46 Å². The van der Waals surface area contributed by atoms with Crippen molar-refractivity contribution in [1.82, 2.24) is 0 Å². The van der Waals surface area contributed by atoms with Crippen LogP contribution in [0.3, 0.4) is 0 Å². The van der Waals surface area contributed by atoms with Gasteiger partial charge < -0.3 is 4.74 Å². The van der Waals surface area contributed by atoms with Gasteiger partial charge >= 0.3 is 5.97 Å². The number of hydrogen-bond donors (Lipinski definition) is 0. The van der Waals surface area contributed by atoms with Gasteiger partial charge in [-0.3, -0.25) is 4.79 Å². The van der Waals surface area contributed by atoms with Gasteiger partial charge in [0, 0.05) is 0 Å². The van der Waals surface area contributed by atoms with Crippen LogP contribution in [0.15, 0.2) is 48.5 Å². The normalized spacial score (nSPS) is 11.9. The number of esters is 1. The van der Waals surface area contributed by atoms with Crippen molar-refractivity contribution in [2.45, 2.75) is 32.5 Å². The lowest BCUT2D eigenvalue weighted by atomic mass is 9.81. The number of alkyl halides is 1. The summed E-state index contributed by atoms with van der Waals surface area (Å²) in [5.41, 5.74) is 7.84. The first-order valence-corrected chi connectivity index (χ1v) is 10.7. The van der Waals surface area contributed by atoms with Crippen LogP contribution in [-0.2, 0) is 9.53 Å². The number of carbonyl (C=O) groups excluding carboxylic acids is 1. The molecule has 3 aromatic rings. The fourth-order valence-electron chi connectivity index (χ4n) is 3.51. The molecule has 30 heavy (non-hydrogen) atoms. The van der Waals surface area contributed by atoms with E-state index in [1.165, 1.54) is 6.07 Å². The van der Waals surface area contributed by atoms with Crippen molar-refractivity contribution in [2.24, 2.45) is 0 Å². The highest BCUT2D eigenvalue weighted by molar-refractivity contribution is 9.09. The van der Waals surface area contributed by atoms with Crippen LogP contribution in [0, 0.1) is 26.6 Å². The van der Waals surface area contributed by atoms with Crippen LogP contribution in [0.25, 0.3) is 22.3 Å². The van der Waals surface area contributed by atoms with E-state index in [1.54, 1.807) is 19.9 Å². The Hall–Kier alpha value is -2.40. The largest absolute Gasteiger partial charge is 0.465 e. The summed E-state index contributed by atoms with van der Waals surface area (Å²) < 4.78 is 19.1. The van der Waals surface area contributed by atoms with Gasteiger partial charge in [-0.1, -0.05) is 62.9 Å². The molecule has 0 heterocycles. The van der Waals surface area contributed by atoms with E-state index < -0.39 is 4.83 Å². The van der Waals surface area contributed by atoms with Crippen LogP contribution in [0.1, 0.15) is 34.0 Å². The second kappa shape index (κ2) is 9.17. The molecule has 3 aromatic carbocycles. The topological polar surface area (TPSA) is 26.3 Å². The Bertz CT molecular complexity index is 1110. The number of hydrogen-bond acceptors (Lipinski definition) is 2. The van der Waals surface area contributed by atoms with Gasteiger partial charge in [0.25, 0.3) is 0 Å². The molecule has 0 aromatic heterocycles. The highest BCUT2D eigenvalue weighted by Crippen LogP contribution is 2.38. The summed E-state index contributed by atoms with van der Waals surface area (Å²) in [6, 6.07) is 14.9. The maximum Gasteiger partial charge on any atom is 0.324 e. The van der Waals surface area contributed by atoms with Gasteiger partial charge in [-0.2, -0.15) is 0 Å². The molecule has 0 saturated heterocycles. The van der Waals surface area contributed by atoms with Gasteiger partial charge in [-0.05, 0) is 79.3 Å². The lowest BCUT2D eigenvalue weighted by Crippen LogP contribution is -2.13. The maximum atomic E-state index is 13.9. The molecule has 0 fully saturated rings. The summed E-state index contributed by atoms with van der Waals surface area (Å²) in [5, 5.41) is 0. The molecule has 1 atom stereocenters. The van der Waals surface area contributed by atoms with Crippen LogP contribution >= 0.6 is 15.9 Å². The Morgan fingerprint density at radius 1 is 1.00 bits per heavy atom. The molecule has 0 N–H and O–H groups in total. The fraction of sp³-hybridized carbons (Fsp3) is 0.240. The van der Waals surface area contributed by atoms with Crippen molar-refractivity contribution in [3.63, 3.8) is 0 Å². The minimum atomic E-state index is -0.587. The van der Waals surface area contributed by atoms with E-state index in [2.05, 4.69) is 15.9 Å². The summed E-state index contributed by atoms with van der Waals surface area (Å²) in [6.07, 6.45) is 0. The zero-order valence-electron chi connectivity index (χ0n) is 17.6. The third kappa shape index (κ3) is 4.36. The second-order valence-electron chi connectivity index (χ2n) is 7.35. The highest BCUT2D eigenvalue weighted by atomic mass is 79.9. The monoisotopic (exact) mass is 464 g/mol. The molecule has 2 radical (unpaired) electrons. The third-order valence-corrected chi connectivity index (χ3v) is 6.22. The predicted molar refractivity (Wildman–Crippen MR) is 125 cm³/mol. The minimum Gasteiger partial charge on any atom is -0.465 e. The van der Waals surface area contributed by atoms with E-state index in [0.29, 0.717) is 12.2 Å². The zero-order chi connectivity index (χ0) is 22.0. The van der Waals surface area contributed by atoms with Gasteiger partial charge in [0.05, 0.1) is 6.61 Å². The Labute approximate surface area is 187 Å². The average Bonchev–Trinajstić information content (AvgIpc) is 2.73. The molecule has 0 amide bonds. The van der Waals surface area contributed by atoms with Crippen molar-refractivity contribution in [2.75, 3.05) is 6.61 Å². The fourth-order valence-corrected chi connectivity index (χ4v) is 3.93. The predicted octanol–water partition coefficient (Wildman–Crippen LogP) is 5.88. The molecule has 0 aliphatic heterocycles. The van der Waals surface area contributed by atoms with E-state index in [4.69, 9.17) is 12.6 Å². The minimum absolute atomic E-state index is 0.253. The Morgan fingerprint density at radius 3 is 2.37 bits per heavy atom. The summed E-state index contributed by atoms with van der Waals surface area (Å²) in [7, 11) is 6.29. The van der Waals surface area contributed by atoms with Crippen molar-refractivity contribution < 1.29 is 13.9 Å². The van der Waals surface area contributed by atoms with E-state index in [0.717, 1.165) is 44.4 Å². The molecule has 0 saturated carbocycles.